The van der Waals surface area contributed by atoms with E-state index in [0.717, 1.165) is 0 Å². The van der Waals surface area contributed by atoms with Crippen molar-refractivity contribution in [1.82, 2.24) is 0 Å². The molecule has 0 aliphatic heterocycles. The molecule has 0 fully saturated rings. The number of aliphatic carboxylic acids is 10. The van der Waals surface area contributed by atoms with E-state index in [0.29, 0.717) is 0 Å². The molecule has 0 amide bonds. The molecule has 41 heavy (non-hydrogen) atoms. The minimum atomic E-state index is -2.74. The molecule has 24 heteroatoms. The first kappa shape index (κ1) is 45.5. The SMILES string of the molecule is O=C(O)C(=O)O.O=C(O)CC(=O)O.O=C(O)CC(O)(CC(=O)O)C(=O)O.O=C(O)CO.O=C(O)[C@@H](O)[C@H](O)C(=O)O. The highest BCUT2D eigenvalue weighted by Gasteiger charge is 2.40. The first-order valence-corrected chi connectivity index (χ1v) is 9.22. The van der Waals surface area contributed by atoms with Crippen molar-refractivity contribution in [1.29, 1.82) is 0 Å². The van der Waals surface area contributed by atoms with Gasteiger partial charge in [-0.3, -0.25) is 19.2 Å². The Morgan fingerprint density at radius 3 is 0.805 bits per heavy atom. The highest BCUT2D eigenvalue weighted by molar-refractivity contribution is 6.27. The second kappa shape index (κ2) is 23.6. The molecule has 0 aromatic heterocycles. The Kier molecular flexibility index (Phi) is 26.2. The molecule has 0 radical (unpaired) electrons. The molecule has 0 unspecified atom stereocenters. The quantitative estimate of drug-likeness (QED) is 0.0763. The van der Waals surface area contributed by atoms with Crippen LogP contribution in [0.3, 0.4) is 0 Å². The number of aliphatic hydroxyl groups excluding tert-OH is 3. The van der Waals surface area contributed by atoms with Gasteiger partial charge in [-0.2, -0.15) is 0 Å². The Hall–Kier alpha value is -5.46. The molecule has 2 atom stereocenters. The van der Waals surface area contributed by atoms with Gasteiger partial charge < -0.3 is 71.5 Å². The molecular weight excluding hydrogens is 588 g/mol. The minimum Gasteiger partial charge on any atom is -0.481 e. The lowest BCUT2D eigenvalue weighted by atomic mass is 9.96. The number of rotatable bonds is 11. The summed E-state index contributed by atoms with van der Waals surface area (Å²) in [5.74, 6) is -16.0. The van der Waals surface area contributed by atoms with E-state index in [1.807, 2.05) is 0 Å². The van der Waals surface area contributed by atoms with Crippen LogP contribution in [0, 0.1) is 0 Å². The molecule has 14 N–H and O–H groups in total. The van der Waals surface area contributed by atoms with Gasteiger partial charge in [0.2, 0.25) is 0 Å². The third kappa shape index (κ3) is 34.5. The highest BCUT2D eigenvalue weighted by Crippen LogP contribution is 2.15. The van der Waals surface area contributed by atoms with Gasteiger partial charge in [-0.05, 0) is 0 Å². The molecule has 0 saturated carbocycles. The summed E-state index contributed by atoms with van der Waals surface area (Å²) in [5.41, 5.74) is -2.74. The lowest BCUT2D eigenvalue weighted by molar-refractivity contribution is -0.170. The van der Waals surface area contributed by atoms with E-state index in [9.17, 15) is 33.6 Å². The maximum absolute atomic E-state index is 10.3. The number of carbonyl (C=O) groups is 10. The smallest absolute Gasteiger partial charge is 0.414 e. The van der Waals surface area contributed by atoms with Crippen LogP contribution in [0.1, 0.15) is 19.3 Å². The fraction of sp³-hybridized carbons (Fsp3) is 0.412. The number of hydrogen-bond donors (Lipinski definition) is 14. The minimum absolute atomic E-state index is 0.778. The predicted molar refractivity (Wildman–Crippen MR) is 114 cm³/mol. The summed E-state index contributed by atoms with van der Waals surface area (Å²) >= 11 is 0. The number of carboxylic acid groups (broad SMARTS) is 10. The zero-order valence-electron chi connectivity index (χ0n) is 19.8. The van der Waals surface area contributed by atoms with Gasteiger partial charge in [0.15, 0.2) is 17.8 Å². The fourth-order valence-corrected chi connectivity index (χ4v) is 1.11. The Bertz CT molecular complexity index is 890. The Morgan fingerprint density at radius 2 is 0.732 bits per heavy atom. The van der Waals surface area contributed by atoms with E-state index in [-0.39, 0.29) is 0 Å². The standard InChI is InChI=1S/C6H8O7.C4H6O6.C3H4O4.C2H2O4.C2H4O3/c7-3(8)1-6(13,5(11)12)2-4(9)10;5-1(3(7)8)2(6)4(9)10;4-2(5)1-3(6)7;3-1(4)2(5)6;3-1-2(4)5/h13H,1-2H2,(H,7,8)(H,9,10)(H,11,12);1-2,5-6H,(H,7,8)(H,9,10);1H2,(H,4,5)(H,6,7);(H,3,4)(H,5,6);3H,1H2,(H,4,5)/t;1-,2-;;;/m.0.../s1. The van der Waals surface area contributed by atoms with Gasteiger partial charge in [-0.25, -0.2) is 28.8 Å². The van der Waals surface area contributed by atoms with E-state index < -0.39 is 103 Å². The maximum atomic E-state index is 10.3. The molecule has 0 spiro atoms. The lowest BCUT2D eigenvalue weighted by Gasteiger charge is -2.18. The van der Waals surface area contributed by atoms with Gasteiger partial charge in [0.1, 0.15) is 13.0 Å². The van der Waals surface area contributed by atoms with Gasteiger partial charge in [-0.1, -0.05) is 0 Å². The van der Waals surface area contributed by atoms with E-state index in [2.05, 4.69) is 0 Å². The average Bonchev–Trinajstić information content (AvgIpc) is 2.77. The number of hydrogen-bond acceptors (Lipinski definition) is 14. The van der Waals surface area contributed by atoms with Crippen molar-refractivity contribution < 1.29 is 119 Å². The topological polar surface area (TPSA) is 454 Å². The van der Waals surface area contributed by atoms with Crippen LogP contribution in [0.15, 0.2) is 0 Å². The summed E-state index contributed by atoms with van der Waals surface area (Å²) in [5, 5.41) is 112. The van der Waals surface area contributed by atoms with Crippen molar-refractivity contribution in [2.75, 3.05) is 6.61 Å². The van der Waals surface area contributed by atoms with Gasteiger partial charge >= 0.3 is 59.7 Å². The molecule has 0 aliphatic rings. The van der Waals surface area contributed by atoms with Crippen molar-refractivity contribution in [3.63, 3.8) is 0 Å². The first-order valence-electron chi connectivity index (χ1n) is 9.22. The van der Waals surface area contributed by atoms with Crippen molar-refractivity contribution >= 4 is 59.7 Å². The third-order valence-electron chi connectivity index (χ3n) is 2.71. The molecule has 0 aromatic carbocycles. The van der Waals surface area contributed by atoms with Crippen molar-refractivity contribution in [2.45, 2.75) is 37.1 Å². The molecule has 0 saturated heterocycles. The van der Waals surface area contributed by atoms with Crippen LogP contribution in [0.4, 0.5) is 0 Å². The highest BCUT2D eigenvalue weighted by atomic mass is 16.5. The molecule has 0 bridgehead atoms. The molecule has 236 valence electrons. The number of aliphatic hydroxyl groups is 4. The number of carboxylic acids is 10. The van der Waals surface area contributed by atoms with Crippen LogP contribution < -0.4 is 0 Å². The zero-order chi connectivity index (χ0) is 34.3. The Labute approximate surface area is 223 Å². The molecule has 0 aliphatic carbocycles. The Balaban J connectivity index is -0.000000138. The summed E-state index contributed by atoms with van der Waals surface area (Å²) in [7, 11) is 0. The first-order chi connectivity index (χ1) is 18.3. The maximum Gasteiger partial charge on any atom is 0.414 e. The molecule has 24 nitrogen and oxygen atoms in total. The normalized spacial score (nSPS) is 10.6. The van der Waals surface area contributed by atoms with E-state index >= 15 is 0 Å². The summed E-state index contributed by atoms with van der Waals surface area (Å²) in [6, 6.07) is 0. The zero-order valence-corrected chi connectivity index (χ0v) is 19.8. The van der Waals surface area contributed by atoms with E-state index in [4.69, 9.17) is 85.9 Å². The van der Waals surface area contributed by atoms with Gasteiger partial charge in [0.05, 0.1) is 12.8 Å². The van der Waals surface area contributed by atoms with E-state index in [1.165, 1.54) is 0 Å². The molecular formula is C17H24O24. The Morgan fingerprint density at radius 1 is 0.488 bits per heavy atom. The van der Waals surface area contributed by atoms with Crippen molar-refractivity contribution in [2.24, 2.45) is 0 Å². The lowest BCUT2D eigenvalue weighted by Crippen LogP contribution is -2.42. The predicted octanol–water partition coefficient (Wildman–Crippen LogP) is -5.61. The fourth-order valence-electron chi connectivity index (χ4n) is 1.11. The van der Waals surface area contributed by atoms with Crippen LogP contribution in [-0.4, -0.2) is 156 Å². The third-order valence-corrected chi connectivity index (χ3v) is 2.71. The summed E-state index contributed by atoms with van der Waals surface area (Å²) < 4.78 is 0. The summed E-state index contributed by atoms with van der Waals surface area (Å²) in [6.45, 7) is -0.778. The van der Waals surface area contributed by atoms with Crippen LogP contribution in [0.5, 0.6) is 0 Å². The van der Waals surface area contributed by atoms with Crippen molar-refractivity contribution in [3.05, 3.63) is 0 Å². The molecule has 0 aromatic rings. The molecule has 0 heterocycles. The van der Waals surface area contributed by atoms with Crippen LogP contribution in [0.2, 0.25) is 0 Å². The van der Waals surface area contributed by atoms with Gasteiger partial charge in [0, 0.05) is 0 Å². The average molecular weight is 612 g/mol. The van der Waals surface area contributed by atoms with Crippen molar-refractivity contribution in [3.8, 4) is 0 Å². The second-order valence-electron chi connectivity index (χ2n) is 6.17. The van der Waals surface area contributed by atoms with Gasteiger partial charge in [-0.15, -0.1) is 0 Å². The van der Waals surface area contributed by atoms with Crippen LogP contribution >= 0.6 is 0 Å². The summed E-state index contributed by atoms with van der Waals surface area (Å²) in [6.07, 6.45) is -7.63. The van der Waals surface area contributed by atoms with Gasteiger partial charge in [0.25, 0.3) is 0 Å². The van der Waals surface area contributed by atoms with Crippen LogP contribution in [-0.2, 0) is 47.9 Å². The van der Waals surface area contributed by atoms with Crippen LogP contribution in [0.25, 0.3) is 0 Å². The summed E-state index contributed by atoms with van der Waals surface area (Å²) in [4.78, 5) is 96.2. The molecule has 0 rings (SSSR count). The largest absolute Gasteiger partial charge is 0.481 e. The monoisotopic (exact) mass is 612 g/mol. The second-order valence-corrected chi connectivity index (χ2v) is 6.17. The van der Waals surface area contributed by atoms with E-state index in [1.54, 1.807) is 0 Å².